The van der Waals surface area contributed by atoms with Crippen LogP contribution in [0.3, 0.4) is 0 Å². The zero-order chi connectivity index (χ0) is 21.0. The van der Waals surface area contributed by atoms with Crippen LogP contribution in [0.15, 0.2) is 46.9 Å². The number of hydrogen-bond donors (Lipinski definition) is 2. The first-order valence-electron chi connectivity index (χ1n) is 8.32. The van der Waals surface area contributed by atoms with Crippen molar-refractivity contribution in [1.29, 1.82) is 0 Å². The lowest BCUT2D eigenvalue weighted by atomic mass is 10.2. The summed E-state index contributed by atoms with van der Waals surface area (Å²) in [7, 11) is -3.76. The number of aliphatic hydroxyl groups is 1. The minimum Gasteiger partial charge on any atom is -0.396 e. The number of nitrogens with one attached hydrogen (secondary N) is 1. The predicted molar refractivity (Wildman–Crippen MR) is 103 cm³/mol. The summed E-state index contributed by atoms with van der Waals surface area (Å²) in [6, 6.07) is 4.62. The van der Waals surface area contributed by atoms with Gasteiger partial charge in [0.1, 0.15) is 22.3 Å². The summed E-state index contributed by atoms with van der Waals surface area (Å²) in [4.78, 5) is 20.1. The molecule has 1 amide bonds. The number of aliphatic hydroxyl groups excluding tert-OH is 1. The monoisotopic (exact) mass is 439 g/mol. The Bertz CT molecular complexity index is 1130. The van der Waals surface area contributed by atoms with E-state index >= 15 is 0 Å². The van der Waals surface area contributed by atoms with E-state index in [0.717, 1.165) is 23.5 Å². The smallest absolute Gasteiger partial charge is 0.275 e. The average molecular weight is 439 g/mol. The lowest BCUT2D eigenvalue weighted by Gasteiger charge is -2.10. The third-order valence-electron chi connectivity index (χ3n) is 3.85. The number of aromatic nitrogens is 2. The summed E-state index contributed by atoms with van der Waals surface area (Å²) in [5.74, 6) is -2.67. The standard InChI is InChI=1S/C18H15F2N3O4S2/c19-11-3-1-4-12(20)16(11)18-23-14(10-28-18)17(25)22-13-9-21-6-5-15(13)29(26,27)8-2-7-24/h1,3-6,9-10,24H,2,7-8H2,(H,22,25). The number of rotatable bonds is 7. The van der Waals surface area contributed by atoms with Crippen molar-refractivity contribution >= 4 is 32.8 Å². The van der Waals surface area contributed by atoms with Crippen molar-refractivity contribution in [3.63, 3.8) is 0 Å². The number of pyridine rings is 1. The van der Waals surface area contributed by atoms with E-state index in [1.54, 1.807) is 0 Å². The number of thiazole rings is 1. The fourth-order valence-corrected chi connectivity index (χ4v) is 4.78. The SMILES string of the molecule is O=C(Nc1cnccc1S(=O)(=O)CCCO)c1csc(-c2c(F)cccc2F)n1. The molecular weight excluding hydrogens is 424 g/mol. The van der Waals surface area contributed by atoms with E-state index in [0.29, 0.717) is 0 Å². The van der Waals surface area contributed by atoms with Gasteiger partial charge in [0.25, 0.3) is 5.91 Å². The van der Waals surface area contributed by atoms with E-state index in [-0.39, 0.29) is 45.6 Å². The maximum Gasteiger partial charge on any atom is 0.275 e. The van der Waals surface area contributed by atoms with Crippen molar-refractivity contribution in [2.75, 3.05) is 17.7 Å². The summed E-state index contributed by atoms with van der Waals surface area (Å²) >= 11 is 0.877. The molecule has 2 heterocycles. The molecule has 0 saturated carbocycles. The molecule has 0 fully saturated rings. The van der Waals surface area contributed by atoms with Gasteiger partial charge in [0.2, 0.25) is 0 Å². The second-order valence-corrected chi connectivity index (χ2v) is 8.79. The van der Waals surface area contributed by atoms with E-state index in [4.69, 9.17) is 5.11 Å². The van der Waals surface area contributed by atoms with Gasteiger partial charge in [-0.25, -0.2) is 22.2 Å². The van der Waals surface area contributed by atoms with Gasteiger partial charge in [-0.2, -0.15) is 0 Å². The number of sulfone groups is 1. The van der Waals surface area contributed by atoms with E-state index in [1.807, 2.05) is 0 Å². The zero-order valence-corrected chi connectivity index (χ0v) is 16.4. The van der Waals surface area contributed by atoms with Crippen LogP contribution in [-0.2, 0) is 9.84 Å². The highest BCUT2D eigenvalue weighted by molar-refractivity contribution is 7.91. The summed E-state index contributed by atoms with van der Waals surface area (Å²) in [6.45, 7) is -0.291. The molecule has 2 N–H and O–H groups in total. The van der Waals surface area contributed by atoms with Crippen LogP contribution < -0.4 is 5.32 Å². The Hall–Kier alpha value is -2.76. The van der Waals surface area contributed by atoms with Gasteiger partial charge in [0.05, 0.1) is 28.1 Å². The molecule has 0 aliphatic carbocycles. The molecular formula is C18H15F2N3O4S2. The molecule has 1 aromatic carbocycles. The number of anilines is 1. The van der Waals surface area contributed by atoms with Gasteiger partial charge in [-0.1, -0.05) is 6.07 Å². The molecule has 7 nitrogen and oxygen atoms in total. The van der Waals surface area contributed by atoms with Crippen LogP contribution in [0.5, 0.6) is 0 Å². The van der Waals surface area contributed by atoms with Gasteiger partial charge in [-0.15, -0.1) is 11.3 Å². The van der Waals surface area contributed by atoms with Crippen molar-refractivity contribution in [3.05, 3.63) is 59.4 Å². The molecule has 0 aliphatic rings. The van der Waals surface area contributed by atoms with Crippen LogP contribution in [0.4, 0.5) is 14.5 Å². The number of benzene rings is 1. The third-order valence-corrected chi connectivity index (χ3v) is 6.56. The van der Waals surface area contributed by atoms with Crippen molar-refractivity contribution in [3.8, 4) is 10.6 Å². The lowest BCUT2D eigenvalue weighted by molar-refractivity contribution is 0.102. The number of halogens is 2. The highest BCUT2D eigenvalue weighted by atomic mass is 32.2. The van der Waals surface area contributed by atoms with Crippen LogP contribution in [0.25, 0.3) is 10.6 Å². The molecule has 0 atom stereocenters. The molecule has 0 aliphatic heterocycles. The molecule has 2 aromatic heterocycles. The van der Waals surface area contributed by atoms with Crippen molar-refractivity contribution in [1.82, 2.24) is 9.97 Å². The molecule has 152 valence electrons. The Balaban J connectivity index is 1.87. The summed E-state index contributed by atoms with van der Waals surface area (Å²) < 4.78 is 52.6. The summed E-state index contributed by atoms with van der Waals surface area (Å²) in [6.07, 6.45) is 2.48. The molecule has 3 rings (SSSR count). The largest absolute Gasteiger partial charge is 0.396 e. The average Bonchev–Trinajstić information content (AvgIpc) is 3.16. The highest BCUT2D eigenvalue weighted by Crippen LogP contribution is 2.29. The predicted octanol–water partition coefficient (Wildman–Crippen LogP) is 2.89. The number of nitrogens with zero attached hydrogens (tertiary/aromatic N) is 2. The highest BCUT2D eigenvalue weighted by Gasteiger charge is 2.22. The van der Waals surface area contributed by atoms with E-state index in [2.05, 4.69) is 15.3 Å². The van der Waals surface area contributed by atoms with Crippen molar-refractivity contribution < 1.29 is 27.1 Å². The van der Waals surface area contributed by atoms with Gasteiger partial charge in [-0.3, -0.25) is 9.78 Å². The third kappa shape index (κ3) is 4.63. The molecule has 0 bridgehead atoms. The van der Waals surface area contributed by atoms with Gasteiger partial charge < -0.3 is 10.4 Å². The Morgan fingerprint density at radius 2 is 1.93 bits per heavy atom. The Labute approximate surface area is 169 Å². The van der Waals surface area contributed by atoms with E-state index in [1.165, 1.54) is 29.9 Å². The summed E-state index contributed by atoms with van der Waals surface area (Å²) in [5, 5.41) is 12.6. The fraction of sp³-hybridized carbons (Fsp3) is 0.167. The van der Waals surface area contributed by atoms with Crippen LogP contribution in [0, 0.1) is 11.6 Å². The van der Waals surface area contributed by atoms with Crippen LogP contribution in [0.1, 0.15) is 16.9 Å². The topological polar surface area (TPSA) is 109 Å². The quantitative estimate of drug-likeness (QED) is 0.586. The minimum atomic E-state index is -3.76. The van der Waals surface area contributed by atoms with Gasteiger partial charge in [0, 0.05) is 18.2 Å². The van der Waals surface area contributed by atoms with Gasteiger partial charge in [-0.05, 0) is 24.6 Å². The molecule has 0 saturated heterocycles. The Morgan fingerprint density at radius 1 is 1.21 bits per heavy atom. The molecule has 0 spiro atoms. The van der Waals surface area contributed by atoms with E-state index < -0.39 is 27.4 Å². The van der Waals surface area contributed by atoms with Crippen molar-refractivity contribution in [2.24, 2.45) is 0 Å². The maximum absolute atomic E-state index is 13.9. The van der Waals surface area contributed by atoms with Crippen LogP contribution >= 0.6 is 11.3 Å². The van der Waals surface area contributed by atoms with Crippen LogP contribution in [-0.4, -0.2) is 41.8 Å². The number of carbonyl (C=O) groups is 1. The normalized spacial score (nSPS) is 11.4. The number of hydrogen-bond acceptors (Lipinski definition) is 7. The Morgan fingerprint density at radius 3 is 2.62 bits per heavy atom. The molecule has 0 unspecified atom stereocenters. The molecule has 11 heteroatoms. The first-order valence-corrected chi connectivity index (χ1v) is 10.9. The first-order chi connectivity index (χ1) is 13.8. The minimum absolute atomic E-state index is 0.0206. The van der Waals surface area contributed by atoms with Gasteiger partial charge in [0.15, 0.2) is 9.84 Å². The fourth-order valence-electron chi connectivity index (χ4n) is 2.49. The van der Waals surface area contributed by atoms with Crippen molar-refractivity contribution in [2.45, 2.75) is 11.3 Å². The zero-order valence-electron chi connectivity index (χ0n) is 14.8. The number of amides is 1. The Kier molecular flexibility index (Phi) is 6.30. The van der Waals surface area contributed by atoms with Gasteiger partial charge >= 0.3 is 0 Å². The van der Waals surface area contributed by atoms with E-state index in [9.17, 15) is 22.0 Å². The van der Waals surface area contributed by atoms with Crippen LogP contribution in [0.2, 0.25) is 0 Å². The number of carbonyl (C=O) groups excluding carboxylic acids is 1. The summed E-state index contributed by atoms with van der Waals surface area (Å²) in [5.41, 5.74) is -0.525. The second-order valence-electron chi connectivity index (χ2n) is 5.86. The molecule has 29 heavy (non-hydrogen) atoms. The lowest BCUT2D eigenvalue weighted by Crippen LogP contribution is -2.17. The molecule has 3 aromatic rings. The maximum atomic E-state index is 13.9. The molecule has 0 radical (unpaired) electrons. The first kappa shape index (κ1) is 21.0. The second kappa shape index (κ2) is 8.72.